The molecule has 0 unspecified atom stereocenters. The summed E-state index contributed by atoms with van der Waals surface area (Å²) in [5.41, 5.74) is 13.5. The Morgan fingerprint density at radius 2 is 1.09 bits per heavy atom. The first kappa shape index (κ1) is 59.1. The number of piperidine rings is 2. The minimum absolute atomic E-state index is 0.0510. The smallest absolute Gasteiger partial charge is 0.319 e. The van der Waals surface area contributed by atoms with E-state index in [0.29, 0.717) is 124 Å². The number of nitrogens with two attached hydrogens (primary N) is 1. The van der Waals surface area contributed by atoms with Gasteiger partial charge in [-0.05, 0) is 148 Å². The molecule has 19 nitrogen and oxygen atoms in total. The summed E-state index contributed by atoms with van der Waals surface area (Å²) >= 11 is 0. The molecule has 3 aliphatic rings. The lowest BCUT2D eigenvalue weighted by molar-refractivity contribution is 0.0532. The second-order valence-corrected chi connectivity index (χ2v) is 19.9. The number of nitrogens with zero attached hydrogens (tertiary/aromatic N) is 6. The predicted octanol–water partition coefficient (Wildman–Crippen LogP) is 8.09. The zero-order valence-electron chi connectivity index (χ0n) is 45.4. The molecular formula is C59H76N12O7. The molecule has 3 fully saturated rings. The van der Waals surface area contributed by atoms with Crippen LogP contribution in [0.15, 0.2) is 84.9 Å². The lowest BCUT2D eigenvalue weighted by Gasteiger charge is -2.32. The highest BCUT2D eigenvalue weighted by Gasteiger charge is 2.28. The maximum atomic E-state index is 13.4. The molecule has 0 aromatic heterocycles. The number of amides is 10. The average Bonchev–Trinajstić information content (AvgIpc) is 3.49. The molecule has 3 heterocycles. The van der Waals surface area contributed by atoms with Gasteiger partial charge in [0.25, 0.3) is 11.8 Å². The van der Waals surface area contributed by atoms with Crippen LogP contribution in [0.2, 0.25) is 0 Å². The van der Waals surface area contributed by atoms with E-state index in [1.54, 1.807) is 23.1 Å². The molecule has 0 aliphatic carbocycles. The molecule has 0 bridgehead atoms. The van der Waals surface area contributed by atoms with E-state index in [1.807, 2.05) is 90.4 Å². The van der Waals surface area contributed by atoms with Gasteiger partial charge in [0.1, 0.15) is 0 Å². The van der Waals surface area contributed by atoms with Gasteiger partial charge < -0.3 is 51.8 Å². The first-order chi connectivity index (χ1) is 37.8. The molecular weight excluding hydrogens is 989 g/mol. The number of anilines is 2. The van der Waals surface area contributed by atoms with E-state index < -0.39 is 12.1 Å². The maximum Gasteiger partial charge on any atom is 0.319 e. The van der Waals surface area contributed by atoms with Crippen molar-refractivity contribution in [1.29, 1.82) is 10.5 Å². The number of benzene rings is 4. The minimum Gasteiger partial charge on any atom is -0.378 e. The van der Waals surface area contributed by atoms with E-state index in [2.05, 4.69) is 45.6 Å². The first-order valence-electron chi connectivity index (χ1n) is 27.3. The Balaban J connectivity index is 0.000000254. The molecule has 7 rings (SSSR count). The van der Waals surface area contributed by atoms with Crippen LogP contribution in [0.3, 0.4) is 0 Å². The third kappa shape index (κ3) is 17.7. The number of nitriles is 2. The van der Waals surface area contributed by atoms with E-state index in [9.17, 15) is 28.8 Å². The van der Waals surface area contributed by atoms with Gasteiger partial charge in [0.15, 0.2) is 0 Å². The topological polar surface area (TPSA) is 258 Å². The van der Waals surface area contributed by atoms with Gasteiger partial charge in [-0.2, -0.15) is 10.5 Å². The van der Waals surface area contributed by atoms with E-state index in [-0.39, 0.29) is 30.4 Å². The van der Waals surface area contributed by atoms with Crippen LogP contribution in [0, 0.1) is 36.5 Å². The average molecular weight is 1070 g/mol. The molecule has 4 aromatic rings. The number of morpholine rings is 1. The van der Waals surface area contributed by atoms with Crippen molar-refractivity contribution < 1.29 is 33.5 Å². The number of rotatable bonds is 18. The van der Waals surface area contributed by atoms with E-state index in [0.717, 1.165) is 68.9 Å². The van der Waals surface area contributed by atoms with Gasteiger partial charge in [0.05, 0.1) is 36.5 Å². The second-order valence-electron chi connectivity index (χ2n) is 19.9. The Morgan fingerprint density at radius 3 is 1.62 bits per heavy atom. The van der Waals surface area contributed by atoms with Crippen molar-refractivity contribution >= 4 is 47.3 Å². The van der Waals surface area contributed by atoms with Gasteiger partial charge in [-0.1, -0.05) is 49.7 Å². The molecule has 0 saturated carbocycles. The summed E-state index contributed by atoms with van der Waals surface area (Å²) in [7, 11) is 0. The number of likely N-dealkylation sites (tertiary alicyclic amines) is 2. The number of carbonyl (C=O) groups excluding carboxylic acids is 6. The van der Waals surface area contributed by atoms with Crippen molar-refractivity contribution in [2.24, 2.45) is 5.73 Å². The van der Waals surface area contributed by atoms with E-state index >= 15 is 0 Å². The summed E-state index contributed by atoms with van der Waals surface area (Å²) in [6, 6.07) is 29.2. The number of carbonyl (C=O) groups is 6. The number of ether oxygens (including phenoxy) is 1. The van der Waals surface area contributed by atoms with Crippen molar-refractivity contribution in [2.75, 3.05) is 95.4 Å². The van der Waals surface area contributed by atoms with Gasteiger partial charge in [-0.15, -0.1) is 0 Å². The fraction of sp³-hybridized carbons (Fsp3) is 0.458. The first-order valence-corrected chi connectivity index (χ1v) is 27.3. The highest BCUT2D eigenvalue weighted by molar-refractivity contribution is 5.99. The van der Waals surface area contributed by atoms with Gasteiger partial charge in [-0.3, -0.25) is 14.5 Å². The van der Waals surface area contributed by atoms with E-state index in [1.165, 1.54) is 16.0 Å². The summed E-state index contributed by atoms with van der Waals surface area (Å²) in [6.45, 7) is 13.0. The van der Waals surface area contributed by atoms with Crippen LogP contribution >= 0.6 is 0 Å². The largest absolute Gasteiger partial charge is 0.378 e. The number of primary amides is 1. The fourth-order valence-corrected chi connectivity index (χ4v) is 9.73. The van der Waals surface area contributed by atoms with Crippen LogP contribution in [0.4, 0.5) is 30.6 Å². The molecule has 4 aromatic carbocycles. The standard InChI is InChI=1S/C31H40N6O4.C28H36N6O3/c1-23-5-8-27(29(38)35-15-11-26(12-16-35)25-9-6-24(22-32)7-10-25)21-28(23)37(30(33)39)14-4-2-3-13-34-31(40)36-17-19-41-20-18-36;1-3-4-13-30-27(36)31-14-15-32-28(37)33-25-18-24(8-5-20(25)2)26(35)34-16-11-23(12-17-34)22-9-6-21(19-29)7-10-22/h5-10,21,26H,2-4,11-20H2,1H3,(H2,33,39)(H,34,40);5-10,18,23H,3-4,11-17H2,1-2H3,(H2,30,31,36)(H2,32,33,37). The summed E-state index contributed by atoms with van der Waals surface area (Å²) < 4.78 is 5.28. The Kier molecular flexibility index (Phi) is 23.1. The zero-order chi connectivity index (χ0) is 55.8. The lowest BCUT2D eigenvalue weighted by atomic mass is 9.89. The highest BCUT2D eigenvalue weighted by atomic mass is 16.5. The zero-order valence-corrected chi connectivity index (χ0v) is 45.4. The number of nitrogens with one attached hydrogen (secondary N) is 5. The van der Waals surface area contributed by atoms with Gasteiger partial charge in [0.2, 0.25) is 0 Å². The molecule has 0 atom stereocenters. The quantitative estimate of drug-likeness (QED) is 0.0526. The molecule has 78 heavy (non-hydrogen) atoms. The Hall–Kier alpha value is -8.16. The third-order valence-electron chi connectivity index (χ3n) is 14.5. The molecule has 10 amide bonds. The van der Waals surface area contributed by atoms with Gasteiger partial charge >= 0.3 is 24.1 Å². The summed E-state index contributed by atoms with van der Waals surface area (Å²) in [4.78, 5) is 82.2. The Labute approximate surface area is 458 Å². The minimum atomic E-state index is -0.554. The normalized spacial score (nSPS) is 14.6. The molecule has 19 heteroatoms. The molecule has 0 spiro atoms. The number of urea groups is 4. The Morgan fingerprint density at radius 1 is 0.590 bits per heavy atom. The molecule has 414 valence electrons. The molecule has 0 radical (unpaired) electrons. The summed E-state index contributed by atoms with van der Waals surface area (Å²) in [6.07, 6.45) is 7.70. The maximum absolute atomic E-state index is 13.4. The Bertz CT molecular complexity index is 2740. The third-order valence-corrected chi connectivity index (χ3v) is 14.5. The molecule has 7 N–H and O–H groups in total. The van der Waals surface area contributed by atoms with Crippen LogP contribution in [-0.2, 0) is 4.74 Å². The fourth-order valence-electron chi connectivity index (χ4n) is 9.73. The lowest BCUT2D eigenvalue weighted by Crippen LogP contribution is -2.46. The van der Waals surface area contributed by atoms with Gasteiger partial charge in [0, 0.05) is 94.5 Å². The number of unbranched alkanes of at least 4 members (excludes halogenated alkanes) is 3. The van der Waals surface area contributed by atoms with Crippen molar-refractivity contribution in [2.45, 2.75) is 90.4 Å². The van der Waals surface area contributed by atoms with Crippen molar-refractivity contribution in [1.82, 2.24) is 36.0 Å². The number of aryl methyl sites for hydroxylation is 2. The van der Waals surface area contributed by atoms with Gasteiger partial charge in [-0.25, -0.2) is 19.2 Å². The van der Waals surface area contributed by atoms with Crippen LogP contribution in [0.5, 0.6) is 0 Å². The SMILES string of the molecule is CCCCNC(=O)NCCNC(=O)Nc1cc(C(=O)N2CCC(c3ccc(C#N)cc3)CC2)ccc1C.Cc1ccc(C(=O)N2CCC(c3ccc(C#N)cc3)CC2)cc1N(CCCCCNC(=O)N1CCOCC1)C(N)=O. The summed E-state index contributed by atoms with van der Waals surface area (Å²) in [5.74, 6) is 0.621. The van der Waals surface area contributed by atoms with Crippen LogP contribution < -0.4 is 37.2 Å². The summed E-state index contributed by atoms with van der Waals surface area (Å²) in [5, 5.41) is 31.9. The predicted molar refractivity (Wildman–Crippen MR) is 300 cm³/mol. The highest BCUT2D eigenvalue weighted by Crippen LogP contribution is 2.32. The molecule has 3 aliphatic heterocycles. The van der Waals surface area contributed by atoms with E-state index in [4.69, 9.17) is 21.0 Å². The number of hydrogen-bond donors (Lipinski definition) is 6. The van der Waals surface area contributed by atoms with Crippen LogP contribution in [0.25, 0.3) is 0 Å². The van der Waals surface area contributed by atoms with Crippen molar-refractivity contribution in [3.63, 3.8) is 0 Å². The number of hydrogen-bond acceptors (Lipinski definition) is 9. The van der Waals surface area contributed by atoms with Crippen LogP contribution in [-0.4, -0.2) is 136 Å². The van der Waals surface area contributed by atoms with Crippen molar-refractivity contribution in [3.05, 3.63) is 129 Å². The van der Waals surface area contributed by atoms with Crippen molar-refractivity contribution in [3.8, 4) is 12.1 Å². The second kappa shape index (κ2) is 30.5. The monoisotopic (exact) mass is 1060 g/mol. The molecule has 3 saturated heterocycles. The van der Waals surface area contributed by atoms with Crippen LogP contribution in [0.1, 0.15) is 131 Å².